The molecule has 0 unspecified atom stereocenters. The number of hydrogen-bond donors (Lipinski definition) is 2. The number of carbonyl (C=O) groups is 1. The minimum Gasteiger partial charge on any atom is -0.397 e. The van der Waals surface area contributed by atoms with Gasteiger partial charge in [0, 0.05) is 18.7 Å². The average molecular weight is 219 g/mol. The summed E-state index contributed by atoms with van der Waals surface area (Å²) in [5.41, 5.74) is 13.2. The van der Waals surface area contributed by atoms with Gasteiger partial charge in [-0.3, -0.25) is 4.79 Å². The zero-order valence-electron chi connectivity index (χ0n) is 9.44. The smallest absolute Gasteiger partial charge is 0.248 e. The molecule has 1 saturated carbocycles. The van der Waals surface area contributed by atoms with E-state index in [1.54, 1.807) is 12.1 Å². The molecule has 0 radical (unpaired) electrons. The number of nitrogens with two attached hydrogens (primary N) is 2. The number of hydrogen-bond acceptors (Lipinski definition) is 3. The van der Waals surface area contributed by atoms with Gasteiger partial charge in [-0.2, -0.15) is 0 Å². The lowest BCUT2D eigenvalue weighted by atomic mass is 9.91. The summed E-state index contributed by atoms with van der Waals surface area (Å²) >= 11 is 0. The van der Waals surface area contributed by atoms with Gasteiger partial charge in [0.25, 0.3) is 0 Å². The number of anilines is 2. The van der Waals surface area contributed by atoms with Crippen LogP contribution in [0.3, 0.4) is 0 Å². The molecule has 16 heavy (non-hydrogen) atoms. The Morgan fingerprint density at radius 3 is 2.56 bits per heavy atom. The van der Waals surface area contributed by atoms with Gasteiger partial charge in [-0.1, -0.05) is 0 Å². The molecule has 1 aliphatic rings. The Bertz CT molecular complexity index is 413. The molecule has 1 fully saturated rings. The fraction of sp³-hybridized carbons (Fsp3) is 0.417. The van der Waals surface area contributed by atoms with Gasteiger partial charge in [0.15, 0.2) is 0 Å². The maximum absolute atomic E-state index is 11.0. The van der Waals surface area contributed by atoms with Gasteiger partial charge in [-0.05, 0) is 37.5 Å². The molecule has 86 valence electrons. The molecule has 0 saturated heterocycles. The van der Waals surface area contributed by atoms with Gasteiger partial charge in [-0.15, -0.1) is 0 Å². The zero-order valence-corrected chi connectivity index (χ0v) is 9.44. The Hall–Kier alpha value is -1.71. The lowest BCUT2D eigenvalue weighted by Crippen LogP contribution is -2.37. The summed E-state index contributed by atoms with van der Waals surface area (Å²) in [5.74, 6) is -0.440. The molecular formula is C12H17N3O. The second-order valence-electron chi connectivity index (χ2n) is 4.33. The van der Waals surface area contributed by atoms with Gasteiger partial charge in [0.05, 0.1) is 11.4 Å². The Morgan fingerprint density at radius 2 is 2.12 bits per heavy atom. The molecular weight excluding hydrogens is 202 g/mol. The Kier molecular flexibility index (Phi) is 2.73. The molecule has 1 aromatic rings. The molecule has 4 N–H and O–H groups in total. The number of benzene rings is 1. The molecule has 4 heteroatoms. The average Bonchev–Trinajstić information content (AvgIpc) is 2.14. The number of carbonyl (C=O) groups excluding carboxylic acids is 1. The van der Waals surface area contributed by atoms with Crippen LogP contribution < -0.4 is 16.4 Å². The maximum atomic E-state index is 11.0. The van der Waals surface area contributed by atoms with Crippen LogP contribution in [0.5, 0.6) is 0 Å². The highest BCUT2D eigenvalue weighted by Crippen LogP contribution is 2.31. The highest BCUT2D eigenvalue weighted by Gasteiger charge is 2.23. The first-order valence-electron chi connectivity index (χ1n) is 5.52. The molecule has 4 nitrogen and oxygen atoms in total. The summed E-state index contributed by atoms with van der Waals surface area (Å²) in [5, 5.41) is 0. The second kappa shape index (κ2) is 4.04. The van der Waals surface area contributed by atoms with E-state index in [0.29, 0.717) is 17.3 Å². The van der Waals surface area contributed by atoms with Gasteiger partial charge < -0.3 is 16.4 Å². The van der Waals surface area contributed by atoms with Gasteiger partial charge in [0.2, 0.25) is 5.91 Å². The first-order valence-corrected chi connectivity index (χ1v) is 5.52. The topological polar surface area (TPSA) is 72.3 Å². The van der Waals surface area contributed by atoms with Crippen molar-refractivity contribution in [3.8, 4) is 0 Å². The number of rotatable bonds is 3. The van der Waals surface area contributed by atoms with Crippen LogP contribution in [0.25, 0.3) is 0 Å². The van der Waals surface area contributed by atoms with Crippen molar-refractivity contribution in [3.05, 3.63) is 23.8 Å². The first-order chi connectivity index (χ1) is 7.59. The predicted molar refractivity (Wildman–Crippen MR) is 65.4 cm³/mol. The molecule has 0 spiro atoms. The fourth-order valence-corrected chi connectivity index (χ4v) is 2.00. The van der Waals surface area contributed by atoms with Gasteiger partial charge in [0.1, 0.15) is 0 Å². The maximum Gasteiger partial charge on any atom is 0.248 e. The van der Waals surface area contributed by atoms with Crippen molar-refractivity contribution >= 4 is 17.3 Å². The lowest BCUT2D eigenvalue weighted by Gasteiger charge is -2.37. The largest absolute Gasteiger partial charge is 0.397 e. The number of primary amides is 1. The van der Waals surface area contributed by atoms with Crippen LogP contribution in [0.15, 0.2) is 18.2 Å². The van der Waals surface area contributed by atoms with Crippen molar-refractivity contribution < 1.29 is 4.79 Å². The van der Waals surface area contributed by atoms with Crippen LogP contribution >= 0.6 is 0 Å². The summed E-state index contributed by atoms with van der Waals surface area (Å²) in [7, 11) is 2.04. The SMILES string of the molecule is CN(c1ccc(C(N)=O)cc1N)C1CCC1. The highest BCUT2D eigenvalue weighted by molar-refractivity contribution is 5.94. The van der Waals surface area contributed by atoms with E-state index in [1.807, 2.05) is 13.1 Å². The molecule has 1 aromatic carbocycles. The van der Waals surface area contributed by atoms with E-state index in [1.165, 1.54) is 19.3 Å². The van der Waals surface area contributed by atoms with Crippen molar-refractivity contribution in [2.75, 3.05) is 17.7 Å². The van der Waals surface area contributed by atoms with Crippen molar-refractivity contribution in [1.82, 2.24) is 0 Å². The Morgan fingerprint density at radius 1 is 1.44 bits per heavy atom. The zero-order chi connectivity index (χ0) is 11.7. The van der Waals surface area contributed by atoms with Crippen LogP contribution in [0.4, 0.5) is 11.4 Å². The van der Waals surface area contributed by atoms with E-state index < -0.39 is 5.91 Å². The van der Waals surface area contributed by atoms with Crippen LogP contribution in [0.1, 0.15) is 29.6 Å². The molecule has 1 aliphatic carbocycles. The van der Waals surface area contributed by atoms with Crippen LogP contribution in [0, 0.1) is 0 Å². The molecule has 1 amide bonds. The normalized spacial score (nSPS) is 15.6. The molecule has 0 aliphatic heterocycles. The second-order valence-corrected chi connectivity index (χ2v) is 4.33. The summed E-state index contributed by atoms with van der Waals surface area (Å²) in [6, 6.07) is 5.82. The first kappa shape index (κ1) is 10.8. The fourth-order valence-electron chi connectivity index (χ4n) is 2.00. The van der Waals surface area contributed by atoms with E-state index in [9.17, 15) is 4.79 Å². The highest BCUT2D eigenvalue weighted by atomic mass is 16.1. The van der Waals surface area contributed by atoms with E-state index >= 15 is 0 Å². The van der Waals surface area contributed by atoms with E-state index in [2.05, 4.69) is 4.90 Å². The van der Waals surface area contributed by atoms with Gasteiger partial charge >= 0.3 is 0 Å². The van der Waals surface area contributed by atoms with Crippen LogP contribution in [0.2, 0.25) is 0 Å². The monoisotopic (exact) mass is 219 g/mol. The number of nitrogens with zero attached hydrogens (tertiary/aromatic N) is 1. The van der Waals surface area contributed by atoms with Crippen LogP contribution in [-0.4, -0.2) is 19.0 Å². The summed E-state index contributed by atoms with van der Waals surface area (Å²) < 4.78 is 0. The molecule has 2 rings (SSSR count). The third kappa shape index (κ3) is 1.83. The third-order valence-corrected chi connectivity index (χ3v) is 3.31. The van der Waals surface area contributed by atoms with E-state index in [4.69, 9.17) is 11.5 Å². The summed E-state index contributed by atoms with van der Waals surface area (Å²) in [4.78, 5) is 13.2. The predicted octanol–water partition coefficient (Wildman–Crippen LogP) is 1.36. The van der Waals surface area contributed by atoms with Crippen molar-refractivity contribution in [2.45, 2.75) is 25.3 Å². The minimum absolute atomic E-state index is 0.440. The molecule has 0 heterocycles. The summed E-state index contributed by atoms with van der Waals surface area (Å²) in [6.45, 7) is 0. The minimum atomic E-state index is -0.440. The molecule has 0 aromatic heterocycles. The molecule has 0 atom stereocenters. The molecule has 0 bridgehead atoms. The quantitative estimate of drug-likeness (QED) is 0.754. The van der Waals surface area contributed by atoms with Crippen molar-refractivity contribution in [3.63, 3.8) is 0 Å². The van der Waals surface area contributed by atoms with E-state index in [0.717, 1.165) is 5.69 Å². The number of nitrogen functional groups attached to an aromatic ring is 1. The Labute approximate surface area is 95.2 Å². The third-order valence-electron chi connectivity index (χ3n) is 3.31. The number of amides is 1. The van der Waals surface area contributed by atoms with Gasteiger partial charge in [-0.25, -0.2) is 0 Å². The Balaban J connectivity index is 2.24. The van der Waals surface area contributed by atoms with Crippen LogP contribution in [-0.2, 0) is 0 Å². The lowest BCUT2D eigenvalue weighted by molar-refractivity contribution is 0.100. The standard InChI is InChI=1S/C12H17N3O/c1-15(9-3-2-4-9)11-6-5-8(12(14)16)7-10(11)13/h5-7,9H,2-4,13H2,1H3,(H2,14,16). The van der Waals surface area contributed by atoms with Crippen molar-refractivity contribution in [1.29, 1.82) is 0 Å². The van der Waals surface area contributed by atoms with E-state index in [-0.39, 0.29) is 0 Å². The summed E-state index contributed by atoms with van der Waals surface area (Å²) in [6.07, 6.45) is 3.72. The van der Waals surface area contributed by atoms with Crippen molar-refractivity contribution in [2.24, 2.45) is 5.73 Å².